The van der Waals surface area contributed by atoms with E-state index in [0.29, 0.717) is 38.8 Å². The summed E-state index contributed by atoms with van der Waals surface area (Å²) in [4.78, 5) is 23.9. The van der Waals surface area contributed by atoms with Crippen LogP contribution >= 0.6 is 11.3 Å². The van der Waals surface area contributed by atoms with E-state index in [-0.39, 0.29) is 5.57 Å². The molecule has 28 heavy (non-hydrogen) atoms. The molecule has 1 fully saturated rings. The van der Waals surface area contributed by atoms with E-state index in [1.165, 1.54) is 15.6 Å². The summed E-state index contributed by atoms with van der Waals surface area (Å²) in [6, 6.07) is 7.72. The maximum atomic E-state index is 11.3. The molecule has 2 aromatic rings. The Morgan fingerprint density at radius 2 is 2.07 bits per heavy atom. The van der Waals surface area contributed by atoms with Crippen molar-refractivity contribution in [2.45, 2.75) is 25.0 Å². The van der Waals surface area contributed by atoms with Crippen LogP contribution in [0.3, 0.4) is 0 Å². The number of thiophene rings is 1. The van der Waals surface area contributed by atoms with Crippen molar-refractivity contribution in [2.75, 3.05) is 26.3 Å². The Bertz CT molecular complexity index is 876. The quantitative estimate of drug-likeness (QED) is 0.410. The standard InChI is InChI=1S/C20H23NO6S/c22-16-12-21(19(16)15(20(25)26)11-18(23)24)6-1-7-27-8-4-13-2-3-17-14(10-13)5-9-28-17/h2-3,5,9-11,16,19,22H,1,4,6-8,12H2,(H,23,24)(H,25,26)/b15-11-. The number of benzene rings is 1. The molecule has 1 aromatic carbocycles. The van der Waals surface area contributed by atoms with Crippen LogP contribution in [0.1, 0.15) is 12.0 Å². The van der Waals surface area contributed by atoms with Crippen LogP contribution in [-0.4, -0.2) is 70.6 Å². The summed E-state index contributed by atoms with van der Waals surface area (Å²) in [6.45, 7) is 1.98. The number of hydrogen-bond acceptors (Lipinski definition) is 6. The SMILES string of the molecule is O=C(O)/C=C(\C(=O)O)C1C(O)CN1CCCOCCc1ccc2sccc2c1. The number of carbonyl (C=O) groups is 2. The number of carboxylic acid groups (broad SMARTS) is 2. The maximum absolute atomic E-state index is 11.3. The van der Waals surface area contributed by atoms with E-state index < -0.39 is 24.1 Å². The van der Waals surface area contributed by atoms with E-state index in [1.54, 1.807) is 16.2 Å². The van der Waals surface area contributed by atoms with Gasteiger partial charge in [0.1, 0.15) is 0 Å². The molecule has 8 heteroatoms. The van der Waals surface area contributed by atoms with E-state index >= 15 is 0 Å². The fraction of sp³-hybridized carbons (Fsp3) is 0.400. The summed E-state index contributed by atoms with van der Waals surface area (Å²) in [5.74, 6) is -2.66. The summed E-state index contributed by atoms with van der Waals surface area (Å²) in [6.07, 6.45) is 1.28. The van der Waals surface area contributed by atoms with Gasteiger partial charge >= 0.3 is 11.9 Å². The second kappa shape index (κ2) is 9.29. The highest BCUT2D eigenvalue weighted by Gasteiger charge is 2.42. The van der Waals surface area contributed by atoms with Gasteiger partial charge in [-0.25, -0.2) is 9.59 Å². The molecule has 2 atom stereocenters. The molecule has 0 aliphatic carbocycles. The number of aliphatic carboxylic acids is 2. The van der Waals surface area contributed by atoms with Crippen LogP contribution in [0.2, 0.25) is 0 Å². The molecule has 1 aliphatic rings. The van der Waals surface area contributed by atoms with Gasteiger partial charge in [-0.15, -0.1) is 11.3 Å². The first kappa shape index (κ1) is 20.5. The Balaban J connectivity index is 1.39. The van der Waals surface area contributed by atoms with Crippen molar-refractivity contribution in [3.05, 3.63) is 46.9 Å². The van der Waals surface area contributed by atoms with Crippen LogP contribution in [0.15, 0.2) is 41.3 Å². The molecule has 3 N–H and O–H groups in total. The molecule has 2 unspecified atom stereocenters. The lowest BCUT2D eigenvalue weighted by Gasteiger charge is -2.45. The Hall–Kier alpha value is -2.26. The Morgan fingerprint density at radius 1 is 1.25 bits per heavy atom. The number of rotatable bonds is 10. The lowest BCUT2D eigenvalue weighted by Crippen LogP contribution is -2.62. The zero-order valence-corrected chi connectivity index (χ0v) is 16.1. The number of aliphatic hydroxyl groups excluding tert-OH is 1. The molecule has 0 bridgehead atoms. The molecular formula is C20H23NO6S. The molecule has 1 aliphatic heterocycles. The van der Waals surface area contributed by atoms with Gasteiger partial charge in [0.05, 0.1) is 24.3 Å². The van der Waals surface area contributed by atoms with Crippen LogP contribution in [0.5, 0.6) is 0 Å². The van der Waals surface area contributed by atoms with E-state index in [9.17, 15) is 19.8 Å². The van der Waals surface area contributed by atoms with Crippen molar-refractivity contribution in [1.29, 1.82) is 0 Å². The minimum Gasteiger partial charge on any atom is -0.478 e. The highest BCUT2D eigenvalue weighted by atomic mass is 32.1. The molecular weight excluding hydrogens is 382 g/mol. The molecule has 0 spiro atoms. The largest absolute Gasteiger partial charge is 0.478 e. The average molecular weight is 405 g/mol. The number of hydrogen-bond donors (Lipinski definition) is 3. The summed E-state index contributed by atoms with van der Waals surface area (Å²) >= 11 is 1.72. The van der Waals surface area contributed by atoms with Crippen molar-refractivity contribution < 1.29 is 29.6 Å². The topological polar surface area (TPSA) is 107 Å². The first-order valence-corrected chi connectivity index (χ1v) is 9.97. The summed E-state index contributed by atoms with van der Waals surface area (Å²) < 4.78 is 6.94. The van der Waals surface area contributed by atoms with Gasteiger partial charge < -0.3 is 20.1 Å². The average Bonchev–Trinajstić information content (AvgIpc) is 3.10. The van der Waals surface area contributed by atoms with E-state index in [1.807, 2.05) is 0 Å². The molecule has 1 aromatic heterocycles. The van der Waals surface area contributed by atoms with Gasteiger partial charge in [-0.3, -0.25) is 4.90 Å². The zero-order chi connectivity index (χ0) is 20.1. The Kier molecular flexibility index (Phi) is 6.79. The number of ether oxygens (including phenoxy) is 1. The second-order valence-corrected chi connectivity index (χ2v) is 7.71. The molecule has 3 rings (SSSR count). The fourth-order valence-electron chi connectivity index (χ4n) is 3.43. The molecule has 1 saturated heterocycles. The van der Waals surface area contributed by atoms with Crippen LogP contribution in [0, 0.1) is 0 Å². The lowest BCUT2D eigenvalue weighted by atomic mass is 9.91. The maximum Gasteiger partial charge on any atom is 0.333 e. The van der Waals surface area contributed by atoms with Gasteiger partial charge in [0.15, 0.2) is 0 Å². The van der Waals surface area contributed by atoms with Crippen LogP contribution in [-0.2, 0) is 20.7 Å². The monoisotopic (exact) mass is 405 g/mol. The predicted molar refractivity (Wildman–Crippen MR) is 106 cm³/mol. The van der Waals surface area contributed by atoms with Gasteiger partial charge in [-0.2, -0.15) is 0 Å². The highest BCUT2D eigenvalue weighted by molar-refractivity contribution is 7.17. The van der Waals surface area contributed by atoms with Crippen molar-refractivity contribution in [2.24, 2.45) is 0 Å². The van der Waals surface area contributed by atoms with E-state index in [4.69, 9.17) is 9.84 Å². The highest BCUT2D eigenvalue weighted by Crippen LogP contribution is 2.26. The third kappa shape index (κ3) is 4.96. The summed E-state index contributed by atoms with van der Waals surface area (Å²) in [5.41, 5.74) is 0.928. The molecule has 2 heterocycles. The van der Waals surface area contributed by atoms with Crippen LogP contribution in [0.25, 0.3) is 10.1 Å². The Morgan fingerprint density at radius 3 is 2.79 bits per heavy atom. The normalized spacial score (nSPS) is 20.2. The number of carboxylic acids is 2. The summed E-state index contributed by atoms with van der Waals surface area (Å²) in [7, 11) is 0. The van der Waals surface area contributed by atoms with Crippen molar-refractivity contribution in [1.82, 2.24) is 4.90 Å². The first-order chi connectivity index (χ1) is 13.5. The molecule has 0 saturated carbocycles. The third-order valence-corrected chi connectivity index (χ3v) is 5.71. The fourth-order valence-corrected chi connectivity index (χ4v) is 4.20. The van der Waals surface area contributed by atoms with Crippen LogP contribution in [0.4, 0.5) is 0 Å². The number of fused-ring (bicyclic) bond motifs is 1. The molecule has 0 amide bonds. The first-order valence-electron chi connectivity index (χ1n) is 9.09. The van der Waals surface area contributed by atoms with Gasteiger partial charge in [-0.1, -0.05) is 12.1 Å². The van der Waals surface area contributed by atoms with Crippen molar-refractivity contribution in [3.63, 3.8) is 0 Å². The van der Waals surface area contributed by atoms with E-state index in [0.717, 1.165) is 6.42 Å². The van der Waals surface area contributed by atoms with E-state index in [2.05, 4.69) is 29.6 Å². The molecule has 7 nitrogen and oxygen atoms in total. The second-order valence-electron chi connectivity index (χ2n) is 6.76. The molecule has 0 radical (unpaired) electrons. The lowest BCUT2D eigenvalue weighted by molar-refractivity contribution is -0.138. The van der Waals surface area contributed by atoms with Gasteiger partial charge in [-0.05, 0) is 41.3 Å². The number of β-amino-alcohol motifs (C(OH)–C–C–N with tert-alkyl or cyclic N) is 1. The molecule has 150 valence electrons. The minimum atomic E-state index is -1.33. The minimum absolute atomic E-state index is 0.295. The zero-order valence-electron chi connectivity index (χ0n) is 15.3. The van der Waals surface area contributed by atoms with Crippen molar-refractivity contribution >= 4 is 33.4 Å². The number of nitrogens with zero attached hydrogens (tertiary/aromatic N) is 1. The van der Waals surface area contributed by atoms with Gasteiger partial charge in [0.25, 0.3) is 0 Å². The number of likely N-dealkylation sites (tertiary alicyclic amines) is 1. The van der Waals surface area contributed by atoms with Crippen molar-refractivity contribution in [3.8, 4) is 0 Å². The number of aliphatic hydroxyl groups is 1. The predicted octanol–water partition coefficient (Wildman–Crippen LogP) is 1.99. The van der Waals surface area contributed by atoms with Gasteiger partial charge in [0.2, 0.25) is 0 Å². The third-order valence-electron chi connectivity index (χ3n) is 4.81. The van der Waals surface area contributed by atoms with Crippen LogP contribution < -0.4 is 0 Å². The Labute approximate surface area is 166 Å². The summed E-state index contributed by atoms with van der Waals surface area (Å²) in [5, 5.41) is 31.2. The van der Waals surface area contributed by atoms with Gasteiger partial charge in [0, 0.05) is 30.5 Å². The smallest absolute Gasteiger partial charge is 0.333 e.